The molecule has 6 nitrogen and oxygen atoms in total. The lowest BCUT2D eigenvalue weighted by atomic mass is 10.1. The van der Waals surface area contributed by atoms with Crippen molar-refractivity contribution in [2.24, 2.45) is 0 Å². The van der Waals surface area contributed by atoms with E-state index >= 15 is 0 Å². The van der Waals surface area contributed by atoms with Crippen molar-refractivity contribution in [1.29, 1.82) is 0 Å². The molecule has 2 rings (SSSR count). The van der Waals surface area contributed by atoms with E-state index in [-0.39, 0.29) is 30.0 Å². The average Bonchev–Trinajstić information content (AvgIpc) is 2.49. The van der Waals surface area contributed by atoms with Crippen LogP contribution in [0.4, 0.5) is 5.69 Å². The summed E-state index contributed by atoms with van der Waals surface area (Å²) in [6, 6.07) is 9.37. The molecule has 0 saturated heterocycles. The number of pyridine rings is 1. The molecule has 0 amide bonds. The van der Waals surface area contributed by atoms with E-state index < -0.39 is 4.92 Å². The molecule has 0 unspecified atom stereocenters. The van der Waals surface area contributed by atoms with Crippen LogP contribution in [0.25, 0.3) is 0 Å². The van der Waals surface area contributed by atoms with E-state index in [1.54, 1.807) is 24.3 Å². The normalized spacial score (nSPS) is 10.4. The molecule has 1 aromatic carbocycles. The van der Waals surface area contributed by atoms with E-state index in [4.69, 9.17) is 0 Å². The van der Waals surface area contributed by atoms with Crippen LogP contribution < -0.4 is 5.56 Å². The van der Waals surface area contributed by atoms with E-state index in [1.807, 2.05) is 0 Å². The Morgan fingerprint density at radius 2 is 1.86 bits per heavy atom. The number of benzene rings is 1. The SMILES string of the molecule is O=C(CCCn1cc([N+](=O)[O-])ccc1=O)c1ccc(Br)cc1. The van der Waals surface area contributed by atoms with Crippen LogP contribution in [-0.2, 0) is 6.54 Å². The summed E-state index contributed by atoms with van der Waals surface area (Å²) in [5, 5.41) is 10.7. The molecule has 0 aliphatic rings. The molecule has 0 spiro atoms. The molecule has 0 aliphatic heterocycles. The highest BCUT2D eigenvalue weighted by atomic mass is 79.9. The third-order valence-corrected chi connectivity index (χ3v) is 3.68. The van der Waals surface area contributed by atoms with E-state index in [9.17, 15) is 19.7 Å². The Labute approximate surface area is 134 Å². The standard InChI is InChI=1S/C15H13BrN2O4/c16-12-5-3-11(4-6-12)14(19)2-1-9-17-10-13(18(21)22)7-8-15(17)20/h3-8,10H,1-2,9H2. The molecular weight excluding hydrogens is 352 g/mol. The van der Waals surface area contributed by atoms with Crippen molar-refractivity contribution in [3.05, 3.63) is 73.1 Å². The number of carbonyl (C=O) groups is 1. The summed E-state index contributed by atoms with van der Waals surface area (Å²) in [5.41, 5.74) is 0.148. The van der Waals surface area contributed by atoms with E-state index in [0.717, 1.165) is 10.5 Å². The molecule has 0 bridgehead atoms. The second kappa shape index (κ2) is 7.13. The summed E-state index contributed by atoms with van der Waals surface area (Å²) in [4.78, 5) is 33.8. The number of aryl methyl sites for hydroxylation is 1. The summed E-state index contributed by atoms with van der Waals surface area (Å²) in [6.45, 7) is 0.267. The van der Waals surface area contributed by atoms with Gasteiger partial charge in [-0.1, -0.05) is 28.1 Å². The predicted octanol–water partition coefficient (Wildman–Crippen LogP) is 3.18. The Morgan fingerprint density at radius 3 is 2.50 bits per heavy atom. The molecule has 2 aromatic rings. The maximum atomic E-state index is 12.0. The van der Waals surface area contributed by atoms with Crippen molar-refractivity contribution in [3.8, 4) is 0 Å². The molecule has 0 fully saturated rings. The van der Waals surface area contributed by atoms with Gasteiger partial charge in [-0.05, 0) is 18.6 Å². The Morgan fingerprint density at radius 1 is 1.18 bits per heavy atom. The lowest BCUT2D eigenvalue weighted by Crippen LogP contribution is -2.19. The smallest absolute Gasteiger partial charge is 0.285 e. The van der Waals surface area contributed by atoms with Crippen LogP contribution in [0.15, 0.2) is 51.9 Å². The van der Waals surface area contributed by atoms with Gasteiger partial charge in [0.1, 0.15) is 0 Å². The fourth-order valence-corrected chi connectivity index (χ4v) is 2.26. The van der Waals surface area contributed by atoms with Crippen LogP contribution in [-0.4, -0.2) is 15.3 Å². The number of halogens is 1. The van der Waals surface area contributed by atoms with Gasteiger partial charge in [-0.2, -0.15) is 0 Å². The van der Waals surface area contributed by atoms with Crippen LogP contribution in [0.1, 0.15) is 23.2 Å². The zero-order valence-corrected chi connectivity index (χ0v) is 13.2. The Balaban J connectivity index is 1.97. The fraction of sp³-hybridized carbons (Fsp3) is 0.200. The Kier molecular flexibility index (Phi) is 5.21. The van der Waals surface area contributed by atoms with Gasteiger partial charge >= 0.3 is 0 Å². The number of hydrogen-bond donors (Lipinski definition) is 0. The van der Waals surface area contributed by atoms with Gasteiger partial charge in [0.25, 0.3) is 11.2 Å². The molecule has 114 valence electrons. The second-order valence-electron chi connectivity index (χ2n) is 4.71. The number of carbonyl (C=O) groups excluding carboxylic acids is 1. The number of ketones is 1. The maximum absolute atomic E-state index is 12.0. The topological polar surface area (TPSA) is 82.2 Å². The first-order chi connectivity index (χ1) is 10.5. The van der Waals surface area contributed by atoms with Gasteiger partial charge < -0.3 is 4.57 Å². The Bertz CT molecular complexity index is 753. The van der Waals surface area contributed by atoms with Crippen LogP contribution >= 0.6 is 15.9 Å². The zero-order valence-electron chi connectivity index (χ0n) is 11.6. The molecule has 1 aromatic heterocycles. The minimum absolute atomic E-state index is 0.0222. The van der Waals surface area contributed by atoms with Crippen LogP contribution in [0.5, 0.6) is 0 Å². The summed E-state index contributed by atoms with van der Waals surface area (Å²) in [5.74, 6) is -0.0222. The lowest BCUT2D eigenvalue weighted by Gasteiger charge is -2.05. The minimum Gasteiger partial charge on any atom is -0.309 e. The zero-order chi connectivity index (χ0) is 16.1. The monoisotopic (exact) mass is 364 g/mol. The second-order valence-corrected chi connectivity index (χ2v) is 5.63. The van der Waals surface area contributed by atoms with Crippen molar-refractivity contribution in [3.63, 3.8) is 0 Å². The lowest BCUT2D eigenvalue weighted by molar-refractivity contribution is -0.385. The van der Waals surface area contributed by atoms with Gasteiger partial charge in [0, 0.05) is 35.1 Å². The van der Waals surface area contributed by atoms with E-state index in [1.165, 1.54) is 16.8 Å². The number of nitrogens with zero attached hydrogens (tertiary/aromatic N) is 2. The first kappa shape index (κ1) is 16.1. The van der Waals surface area contributed by atoms with E-state index in [2.05, 4.69) is 15.9 Å². The molecule has 0 saturated carbocycles. The van der Waals surface area contributed by atoms with Gasteiger partial charge in [-0.3, -0.25) is 19.7 Å². The van der Waals surface area contributed by atoms with Crippen LogP contribution in [0.2, 0.25) is 0 Å². The van der Waals surface area contributed by atoms with E-state index in [0.29, 0.717) is 12.0 Å². The Hall–Kier alpha value is -2.28. The highest BCUT2D eigenvalue weighted by Crippen LogP contribution is 2.13. The molecule has 22 heavy (non-hydrogen) atoms. The van der Waals surface area contributed by atoms with Gasteiger partial charge in [0.05, 0.1) is 11.1 Å². The largest absolute Gasteiger partial charge is 0.309 e. The third-order valence-electron chi connectivity index (χ3n) is 3.15. The molecule has 1 heterocycles. The van der Waals surface area contributed by atoms with Gasteiger partial charge in [0.15, 0.2) is 5.78 Å². The molecule has 0 N–H and O–H groups in total. The molecule has 7 heteroatoms. The van der Waals surface area contributed by atoms with Crippen molar-refractivity contribution in [1.82, 2.24) is 4.57 Å². The summed E-state index contributed by atoms with van der Waals surface area (Å²) in [6.07, 6.45) is 1.92. The average molecular weight is 365 g/mol. The molecule has 0 atom stereocenters. The molecule has 0 radical (unpaired) electrons. The predicted molar refractivity (Wildman–Crippen MR) is 85.1 cm³/mol. The minimum atomic E-state index is -0.553. The van der Waals surface area contributed by atoms with Crippen LogP contribution in [0.3, 0.4) is 0 Å². The van der Waals surface area contributed by atoms with Crippen molar-refractivity contribution in [2.75, 3.05) is 0 Å². The quantitative estimate of drug-likeness (QED) is 0.447. The van der Waals surface area contributed by atoms with Gasteiger partial charge in [-0.25, -0.2) is 0 Å². The fourth-order valence-electron chi connectivity index (χ4n) is 1.99. The first-order valence-electron chi connectivity index (χ1n) is 6.61. The third kappa shape index (κ3) is 4.11. The summed E-state index contributed by atoms with van der Waals surface area (Å²) < 4.78 is 2.15. The van der Waals surface area contributed by atoms with Crippen molar-refractivity contribution in [2.45, 2.75) is 19.4 Å². The highest BCUT2D eigenvalue weighted by molar-refractivity contribution is 9.10. The number of hydrogen-bond acceptors (Lipinski definition) is 4. The van der Waals surface area contributed by atoms with Crippen molar-refractivity contribution < 1.29 is 9.72 Å². The molecule has 0 aliphatic carbocycles. The summed E-state index contributed by atoms with van der Waals surface area (Å²) >= 11 is 3.30. The number of aromatic nitrogens is 1. The summed E-state index contributed by atoms with van der Waals surface area (Å²) in [7, 11) is 0. The maximum Gasteiger partial charge on any atom is 0.285 e. The van der Waals surface area contributed by atoms with Gasteiger partial charge in [-0.15, -0.1) is 0 Å². The van der Waals surface area contributed by atoms with Crippen molar-refractivity contribution >= 4 is 27.4 Å². The first-order valence-corrected chi connectivity index (χ1v) is 7.40. The number of Topliss-reactive ketones (excluding diaryl/α,β-unsaturated/α-hetero) is 1. The number of rotatable bonds is 6. The van der Waals surface area contributed by atoms with Crippen LogP contribution in [0, 0.1) is 10.1 Å². The molecular formula is C15H13BrN2O4. The van der Waals surface area contributed by atoms with Gasteiger partial charge in [0.2, 0.25) is 0 Å². The highest BCUT2D eigenvalue weighted by Gasteiger charge is 2.09. The number of nitro groups is 1.